The predicted octanol–water partition coefficient (Wildman–Crippen LogP) is 1.65. The summed E-state index contributed by atoms with van der Waals surface area (Å²) in [6.07, 6.45) is 3.36. The second kappa shape index (κ2) is 7.46. The minimum atomic E-state index is -0.00160. The topological polar surface area (TPSA) is 78.4 Å². The minimum absolute atomic E-state index is 0.00160. The Balaban J connectivity index is 1.61. The van der Waals surface area contributed by atoms with Crippen LogP contribution in [0.5, 0.6) is 0 Å². The highest BCUT2D eigenvalue weighted by Gasteiger charge is 2.29. The molecule has 0 bridgehead atoms. The van der Waals surface area contributed by atoms with Gasteiger partial charge in [-0.1, -0.05) is 25.2 Å². The molecule has 0 spiro atoms. The molecule has 1 aromatic rings. The standard InChI is InChI=1S/C16H25N5O2S/c1-11(2)9-17-14(23)12-5-3-7-20(10-12)15-18-19-16(24-15)21-8-4-6-13(21)22/h11-12H,3-10H2,1-2H3,(H,17,23)/t12-/m0/s1. The van der Waals surface area contributed by atoms with Crippen molar-refractivity contribution in [2.75, 3.05) is 36.0 Å². The second-order valence-corrected chi connectivity index (χ2v) is 7.87. The molecule has 1 aromatic heterocycles. The first kappa shape index (κ1) is 17.1. The molecule has 24 heavy (non-hydrogen) atoms. The fourth-order valence-corrected chi connectivity index (χ4v) is 4.03. The third-order valence-corrected chi connectivity index (χ3v) is 5.46. The van der Waals surface area contributed by atoms with E-state index in [4.69, 9.17) is 0 Å². The van der Waals surface area contributed by atoms with E-state index in [0.29, 0.717) is 24.0 Å². The largest absolute Gasteiger partial charge is 0.356 e. The molecule has 1 N–H and O–H groups in total. The molecule has 0 radical (unpaired) electrons. The zero-order valence-electron chi connectivity index (χ0n) is 14.3. The van der Waals surface area contributed by atoms with Crippen LogP contribution in [-0.2, 0) is 9.59 Å². The van der Waals surface area contributed by atoms with Gasteiger partial charge in [-0.3, -0.25) is 14.5 Å². The van der Waals surface area contributed by atoms with Crippen molar-refractivity contribution in [3.8, 4) is 0 Å². The molecule has 2 aliphatic heterocycles. The lowest BCUT2D eigenvalue weighted by Gasteiger charge is -2.31. The molecule has 2 fully saturated rings. The third-order valence-electron chi connectivity index (χ3n) is 4.46. The van der Waals surface area contributed by atoms with E-state index < -0.39 is 0 Å². The van der Waals surface area contributed by atoms with Crippen LogP contribution in [-0.4, -0.2) is 48.2 Å². The highest BCUT2D eigenvalue weighted by atomic mass is 32.1. The Morgan fingerprint density at radius 3 is 2.79 bits per heavy atom. The maximum absolute atomic E-state index is 12.3. The molecule has 7 nitrogen and oxygen atoms in total. The van der Waals surface area contributed by atoms with Crippen molar-refractivity contribution < 1.29 is 9.59 Å². The van der Waals surface area contributed by atoms with Crippen LogP contribution in [0.4, 0.5) is 10.3 Å². The van der Waals surface area contributed by atoms with Gasteiger partial charge >= 0.3 is 0 Å². The van der Waals surface area contributed by atoms with Crippen LogP contribution in [0.2, 0.25) is 0 Å². The van der Waals surface area contributed by atoms with Crippen LogP contribution in [0, 0.1) is 11.8 Å². The number of rotatable bonds is 5. The van der Waals surface area contributed by atoms with E-state index in [1.807, 2.05) is 0 Å². The lowest BCUT2D eigenvalue weighted by atomic mass is 9.97. The fraction of sp³-hybridized carbons (Fsp3) is 0.750. The molecule has 0 aromatic carbocycles. The lowest BCUT2D eigenvalue weighted by molar-refractivity contribution is -0.125. The number of carbonyl (C=O) groups is 2. The van der Waals surface area contributed by atoms with Gasteiger partial charge in [-0.2, -0.15) is 0 Å². The normalized spacial score (nSPS) is 21.6. The maximum atomic E-state index is 12.3. The molecule has 2 saturated heterocycles. The number of nitrogens with one attached hydrogen (secondary N) is 1. The van der Waals surface area contributed by atoms with Gasteiger partial charge in [0.1, 0.15) is 0 Å². The molecular formula is C16H25N5O2S. The molecule has 2 amide bonds. The molecule has 0 unspecified atom stereocenters. The Bertz CT molecular complexity index is 603. The maximum Gasteiger partial charge on any atom is 0.228 e. The van der Waals surface area contributed by atoms with Gasteiger partial charge in [-0.15, -0.1) is 10.2 Å². The van der Waals surface area contributed by atoms with E-state index in [9.17, 15) is 9.59 Å². The van der Waals surface area contributed by atoms with Crippen LogP contribution >= 0.6 is 11.3 Å². The van der Waals surface area contributed by atoms with E-state index in [1.54, 1.807) is 4.90 Å². The smallest absolute Gasteiger partial charge is 0.228 e. The summed E-state index contributed by atoms with van der Waals surface area (Å²) in [7, 11) is 0. The van der Waals surface area contributed by atoms with E-state index in [2.05, 4.69) is 34.3 Å². The minimum Gasteiger partial charge on any atom is -0.356 e. The number of aromatic nitrogens is 2. The quantitative estimate of drug-likeness (QED) is 0.873. The van der Waals surface area contributed by atoms with Crippen molar-refractivity contribution in [3.05, 3.63) is 0 Å². The van der Waals surface area contributed by atoms with E-state index in [1.165, 1.54) is 11.3 Å². The van der Waals surface area contributed by atoms with Gasteiger partial charge in [0.25, 0.3) is 0 Å². The number of amides is 2. The average Bonchev–Trinajstić information content (AvgIpc) is 3.21. The van der Waals surface area contributed by atoms with E-state index in [0.717, 1.165) is 44.0 Å². The molecule has 0 saturated carbocycles. The first-order chi connectivity index (χ1) is 11.5. The van der Waals surface area contributed by atoms with E-state index >= 15 is 0 Å². The Labute approximate surface area is 146 Å². The van der Waals surface area contributed by atoms with Crippen LogP contribution < -0.4 is 15.1 Å². The SMILES string of the molecule is CC(C)CNC(=O)[C@H]1CCCN(c2nnc(N3CCCC3=O)s2)C1. The summed E-state index contributed by atoms with van der Waals surface area (Å²) in [5.74, 6) is 0.714. The highest BCUT2D eigenvalue weighted by molar-refractivity contribution is 7.19. The summed E-state index contributed by atoms with van der Waals surface area (Å²) < 4.78 is 0. The molecule has 8 heteroatoms. The fourth-order valence-electron chi connectivity index (χ4n) is 3.11. The monoisotopic (exact) mass is 351 g/mol. The molecule has 132 valence electrons. The van der Waals surface area contributed by atoms with Gasteiger partial charge in [-0.05, 0) is 25.2 Å². The summed E-state index contributed by atoms with van der Waals surface area (Å²) in [6.45, 7) is 7.19. The third kappa shape index (κ3) is 3.85. The number of carbonyl (C=O) groups excluding carboxylic acids is 2. The second-order valence-electron chi connectivity index (χ2n) is 6.94. The Morgan fingerprint density at radius 1 is 1.29 bits per heavy atom. The number of anilines is 2. The lowest BCUT2D eigenvalue weighted by Crippen LogP contribution is -2.43. The summed E-state index contributed by atoms with van der Waals surface area (Å²) in [5.41, 5.74) is 0. The first-order valence-corrected chi connectivity index (χ1v) is 9.52. The molecule has 0 aliphatic carbocycles. The number of piperidine rings is 1. The summed E-state index contributed by atoms with van der Waals surface area (Å²) >= 11 is 1.45. The van der Waals surface area contributed by atoms with Crippen LogP contribution in [0.3, 0.4) is 0 Å². The number of nitrogens with zero attached hydrogens (tertiary/aromatic N) is 4. The zero-order chi connectivity index (χ0) is 17.1. The van der Waals surface area contributed by atoms with Crippen LogP contribution in [0.1, 0.15) is 39.5 Å². The van der Waals surface area contributed by atoms with Gasteiger partial charge in [0.15, 0.2) is 0 Å². The summed E-state index contributed by atoms with van der Waals surface area (Å²) in [6, 6.07) is 0. The Kier molecular flexibility index (Phi) is 5.33. The first-order valence-electron chi connectivity index (χ1n) is 8.71. The van der Waals surface area contributed by atoms with Crippen molar-refractivity contribution in [2.24, 2.45) is 11.8 Å². The van der Waals surface area contributed by atoms with Crippen LogP contribution in [0.15, 0.2) is 0 Å². The number of hydrogen-bond donors (Lipinski definition) is 1. The van der Waals surface area contributed by atoms with Crippen molar-refractivity contribution in [1.82, 2.24) is 15.5 Å². The van der Waals surface area contributed by atoms with E-state index in [-0.39, 0.29) is 17.7 Å². The van der Waals surface area contributed by atoms with Crippen molar-refractivity contribution >= 4 is 33.4 Å². The van der Waals surface area contributed by atoms with Gasteiger partial charge in [0, 0.05) is 32.6 Å². The van der Waals surface area contributed by atoms with Crippen molar-refractivity contribution in [1.29, 1.82) is 0 Å². The Morgan fingerprint density at radius 2 is 2.08 bits per heavy atom. The highest BCUT2D eigenvalue weighted by Crippen LogP contribution is 2.32. The van der Waals surface area contributed by atoms with Crippen molar-refractivity contribution in [2.45, 2.75) is 39.5 Å². The van der Waals surface area contributed by atoms with Gasteiger partial charge in [0.05, 0.1) is 5.92 Å². The molecule has 3 heterocycles. The average molecular weight is 351 g/mol. The zero-order valence-corrected chi connectivity index (χ0v) is 15.1. The number of hydrogen-bond acceptors (Lipinski definition) is 6. The molecule has 2 aliphatic rings. The van der Waals surface area contributed by atoms with Crippen molar-refractivity contribution in [3.63, 3.8) is 0 Å². The molecular weight excluding hydrogens is 326 g/mol. The van der Waals surface area contributed by atoms with Gasteiger partial charge in [0.2, 0.25) is 22.1 Å². The van der Waals surface area contributed by atoms with Gasteiger partial charge in [-0.25, -0.2) is 0 Å². The predicted molar refractivity (Wildman–Crippen MR) is 94.3 cm³/mol. The van der Waals surface area contributed by atoms with Crippen LogP contribution in [0.25, 0.3) is 0 Å². The van der Waals surface area contributed by atoms with Gasteiger partial charge < -0.3 is 10.2 Å². The molecule has 1 atom stereocenters. The summed E-state index contributed by atoms with van der Waals surface area (Å²) in [4.78, 5) is 28.0. The molecule has 3 rings (SSSR count). The summed E-state index contributed by atoms with van der Waals surface area (Å²) in [5, 5.41) is 13.0. The Hall–Kier alpha value is -1.70.